The van der Waals surface area contributed by atoms with Crippen molar-refractivity contribution < 1.29 is 26.4 Å². The minimum atomic E-state index is -4.40. The summed E-state index contributed by atoms with van der Waals surface area (Å²) in [5, 5.41) is 2.50. The Morgan fingerprint density at radius 3 is 2.46 bits per heavy atom. The Hall–Kier alpha value is -2.20. The molecular formula is C18H17F3N2O3S2. The Bertz CT molecular complexity index is 961. The molecule has 0 atom stereocenters. The summed E-state index contributed by atoms with van der Waals surface area (Å²) in [5.41, 5.74) is -2.61. The third-order valence-corrected chi connectivity index (χ3v) is 6.69. The molecule has 0 radical (unpaired) electrons. The highest BCUT2D eigenvalue weighted by atomic mass is 32.2. The second kappa shape index (κ2) is 8.04. The lowest BCUT2D eigenvalue weighted by Crippen LogP contribution is -2.36. The highest BCUT2D eigenvalue weighted by Gasteiger charge is 2.30. The van der Waals surface area contributed by atoms with Gasteiger partial charge in [0.25, 0.3) is 5.91 Å². The molecule has 0 bridgehead atoms. The number of benzene rings is 2. The van der Waals surface area contributed by atoms with E-state index in [4.69, 9.17) is 0 Å². The molecule has 0 saturated heterocycles. The summed E-state index contributed by atoms with van der Waals surface area (Å²) < 4.78 is 63.4. The van der Waals surface area contributed by atoms with Crippen LogP contribution in [0.15, 0.2) is 53.4 Å². The molecule has 0 aliphatic carbocycles. The molecule has 0 aromatic heterocycles. The van der Waals surface area contributed by atoms with Gasteiger partial charge in [0.1, 0.15) is 0 Å². The number of alkyl halides is 3. The summed E-state index contributed by atoms with van der Waals surface area (Å²) in [6, 6.07) is 12.2. The van der Waals surface area contributed by atoms with Crippen molar-refractivity contribution in [1.82, 2.24) is 5.32 Å². The van der Waals surface area contributed by atoms with E-state index in [1.807, 2.05) is 12.1 Å². The monoisotopic (exact) mass is 430 g/mol. The molecule has 1 amide bonds. The Kier molecular flexibility index (Phi) is 5.90. The van der Waals surface area contributed by atoms with Gasteiger partial charge in [-0.15, -0.1) is 0 Å². The first kappa shape index (κ1) is 20.5. The predicted octanol–water partition coefficient (Wildman–Crippen LogP) is 3.42. The summed E-state index contributed by atoms with van der Waals surface area (Å²) in [5.74, 6) is -0.810. The molecule has 1 heterocycles. The molecular weight excluding hydrogens is 413 g/mol. The van der Waals surface area contributed by atoms with Crippen molar-refractivity contribution in [2.45, 2.75) is 16.8 Å². The van der Waals surface area contributed by atoms with Gasteiger partial charge in [0.15, 0.2) is 0 Å². The molecule has 1 aliphatic heterocycles. The number of rotatable bonds is 6. The van der Waals surface area contributed by atoms with Crippen LogP contribution in [0.2, 0.25) is 0 Å². The molecule has 1 N–H and O–H groups in total. The van der Waals surface area contributed by atoms with Gasteiger partial charge in [0, 0.05) is 23.5 Å². The zero-order valence-corrected chi connectivity index (χ0v) is 16.2. The molecule has 0 saturated carbocycles. The van der Waals surface area contributed by atoms with Gasteiger partial charge in [-0.2, -0.15) is 13.2 Å². The Morgan fingerprint density at radius 1 is 1.11 bits per heavy atom. The molecule has 1 aliphatic rings. The topological polar surface area (TPSA) is 66.5 Å². The van der Waals surface area contributed by atoms with Gasteiger partial charge < -0.3 is 5.32 Å². The van der Waals surface area contributed by atoms with E-state index in [0.29, 0.717) is 18.7 Å². The van der Waals surface area contributed by atoms with Gasteiger partial charge in [-0.05, 0) is 54.1 Å². The summed E-state index contributed by atoms with van der Waals surface area (Å²) in [6.07, 6.45) is 0.643. The molecule has 5 nitrogen and oxygen atoms in total. The second-order valence-electron chi connectivity index (χ2n) is 6.09. The van der Waals surface area contributed by atoms with Gasteiger partial charge in [0.05, 0.1) is 11.4 Å². The summed E-state index contributed by atoms with van der Waals surface area (Å²) in [6.45, 7) is 0.271. The van der Waals surface area contributed by atoms with E-state index >= 15 is 0 Å². The molecule has 2 aromatic rings. The number of fused-ring (bicyclic) bond motifs is 1. The molecule has 2 aromatic carbocycles. The quantitative estimate of drug-likeness (QED) is 0.714. The van der Waals surface area contributed by atoms with Crippen molar-refractivity contribution in [2.75, 3.05) is 23.1 Å². The van der Waals surface area contributed by atoms with E-state index in [1.165, 1.54) is 28.6 Å². The Labute approximate surface area is 165 Å². The largest absolute Gasteiger partial charge is 0.446 e. The van der Waals surface area contributed by atoms with Crippen LogP contribution in [0, 0.1) is 0 Å². The highest BCUT2D eigenvalue weighted by molar-refractivity contribution is 8.00. The number of thioether (sulfide) groups is 1. The van der Waals surface area contributed by atoms with Crippen molar-refractivity contribution in [3.63, 3.8) is 0 Å². The average Bonchev–Trinajstić information content (AvgIpc) is 3.06. The summed E-state index contributed by atoms with van der Waals surface area (Å²) >= 11 is -0.266. The normalized spacial score (nSPS) is 14.0. The lowest BCUT2D eigenvalue weighted by Gasteiger charge is -2.19. The van der Waals surface area contributed by atoms with Crippen molar-refractivity contribution in [1.29, 1.82) is 0 Å². The van der Waals surface area contributed by atoms with E-state index in [9.17, 15) is 26.4 Å². The van der Waals surface area contributed by atoms with Crippen LogP contribution >= 0.6 is 11.8 Å². The van der Waals surface area contributed by atoms with Crippen LogP contribution in [0.3, 0.4) is 0 Å². The number of nitrogens with zero attached hydrogens (tertiary/aromatic N) is 1. The smallest absolute Gasteiger partial charge is 0.351 e. The average molecular weight is 430 g/mol. The van der Waals surface area contributed by atoms with E-state index in [-0.39, 0.29) is 34.5 Å². The molecule has 0 fully saturated rings. The van der Waals surface area contributed by atoms with Gasteiger partial charge >= 0.3 is 5.51 Å². The van der Waals surface area contributed by atoms with E-state index in [0.717, 1.165) is 5.56 Å². The van der Waals surface area contributed by atoms with Crippen LogP contribution in [0.5, 0.6) is 0 Å². The second-order valence-corrected chi connectivity index (χ2v) is 9.25. The Morgan fingerprint density at radius 2 is 1.79 bits per heavy atom. The van der Waals surface area contributed by atoms with Gasteiger partial charge in [-0.1, -0.05) is 18.2 Å². The minimum absolute atomic E-state index is 0.0284. The first-order valence-corrected chi connectivity index (χ1v) is 10.8. The maximum atomic E-state index is 12.6. The SMILES string of the molecule is O=C(NCCS(=O)(=O)N1CCc2ccccc21)c1ccc(SC(F)(F)F)cc1. The lowest BCUT2D eigenvalue weighted by atomic mass is 10.2. The van der Waals surface area contributed by atoms with Crippen LogP contribution in [0.1, 0.15) is 15.9 Å². The number of anilines is 1. The number of para-hydroxylation sites is 1. The maximum absolute atomic E-state index is 12.6. The molecule has 3 rings (SSSR count). The first-order chi connectivity index (χ1) is 13.2. The maximum Gasteiger partial charge on any atom is 0.446 e. The number of carbonyl (C=O) groups excluding carboxylic acids is 1. The predicted molar refractivity (Wildman–Crippen MR) is 102 cm³/mol. The third kappa shape index (κ3) is 4.99. The fraction of sp³-hybridized carbons (Fsp3) is 0.278. The number of halogens is 3. The van der Waals surface area contributed by atoms with Crippen LogP contribution in [-0.4, -0.2) is 38.7 Å². The van der Waals surface area contributed by atoms with Crippen LogP contribution in [0.25, 0.3) is 0 Å². The lowest BCUT2D eigenvalue weighted by molar-refractivity contribution is -0.0328. The fourth-order valence-corrected chi connectivity index (χ4v) is 4.88. The fourth-order valence-electron chi connectivity index (χ4n) is 2.91. The van der Waals surface area contributed by atoms with Crippen molar-refractivity contribution in [3.05, 3.63) is 59.7 Å². The van der Waals surface area contributed by atoms with Crippen LogP contribution in [0.4, 0.5) is 18.9 Å². The van der Waals surface area contributed by atoms with Crippen LogP contribution < -0.4 is 9.62 Å². The molecule has 0 spiro atoms. The summed E-state index contributed by atoms with van der Waals surface area (Å²) in [7, 11) is -3.59. The molecule has 150 valence electrons. The van der Waals surface area contributed by atoms with Crippen molar-refractivity contribution in [2.24, 2.45) is 0 Å². The number of hydrogen-bond acceptors (Lipinski definition) is 4. The number of sulfonamides is 1. The Balaban J connectivity index is 1.55. The van der Waals surface area contributed by atoms with Gasteiger partial charge in [0.2, 0.25) is 10.0 Å². The van der Waals surface area contributed by atoms with E-state index in [1.54, 1.807) is 12.1 Å². The number of hydrogen-bond donors (Lipinski definition) is 1. The first-order valence-electron chi connectivity index (χ1n) is 8.38. The molecule has 10 heteroatoms. The zero-order valence-electron chi connectivity index (χ0n) is 14.6. The number of nitrogens with one attached hydrogen (secondary N) is 1. The van der Waals surface area contributed by atoms with Crippen molar-refractivity contribution in [3.8, 4) is 0 Å². The third-order valence-electron chi connectivity index (χ3n) is 4.18. The molecule has 28 heavy (non-hydrogen) atoms. The highest BCUT2D eigenvalue weighted by Crippen LogP contribution is 2.36. The van der Waals surface area contributed by atoms with Gasteiger partial charge in [-0.3, -0.25) is 9.10 Å². The van der Waals surface area contributed by atoms with E-state index in [2.05, 4.69) is 5.32 Å². The van der Waals surface area contributed by atoms with Crippen LogP contribution in [-0.2, 0) is 16.4 Å². The standard InChI is InChI=1S/C18H17F3N2O3S2/c19-18(20,21)27-15-7-5-14(6-8-15)17(24)22-10-12-28(25,26)23-11-9-13-3-1-2-4-16(13)23/h1-8H,9-12H2,(H,22,24). The number of carbonyl (C=O) groups is 1. The van der Waals surface area contributed by atoms with Gasteiger partial charge in [-0.25, -0.2) is 8.42 Å². The number of amides is 1. The van der Waals surface area contributed by atoms with Crippen molar-refractivity contribution >= 4 is 33.4 Å². The zero-order chi connectivity index (χ0) is 20.4. The molecule has 0 unspecified atom stereocenters. The van der Waals surface area contributed by atoms with E-state index < -0.39 is 21.4 Å². The minimum Gasteiger partial charge on any atom is -0.351 e. The summed E-state index contributed by atoms with van der Waals surface area (Å²) in [4.78, 5) is 12.1.